The molecule has 0 aromatic heterocycles. The Morgan fingerprint density at radius 3 is 1.79 bits per heavy atom. The van der Waals surface area contributed by atoms with E-state index < -0.39 is 25.9 Å². The Hall–Kier alpha value is -3.95. The fourth-order valence-electron chi connectivity index (χ4n) is 6.51. The second-order valence-electron chi connectivity index (χ2n) is 16.7. The fraction of sp³-hybridized carbons (Fsp3) is 0.512. The summed E-state index contributed by atoms with van der Waals surface area (Å²) in [5.41, 5.74) is 2.32. The third-order valence-electron chi connectivity index (χ3n) is 10.4. The molecule has 3 atom stereocenters. The van der Waals surface area contributed by atoms with Gasteiger partial charge in [-0.05, 0) is 86.5 Å². The zero-order valence-corrected chi connectivity index (χ0v) is 33.8. The standard InChI is InChI=1S/C43H60N2O6Si/c1-42(2,3)50-41(48)44(29-32-16-12-10-13-17-32)27-26-36-37(38(46)24-25-39(36)51-52(8,9)43(4,5)6)28-40(47)45(30-33-18-14-11-15-19-33)31-34-20-22-35(49-7)23-21-34/h10-23,36-37,39H,24-31H2,1-9H3/t36-,37-,39-/m1/s1. The average Bonchev–Trinajstić information content (AvgIpc) is 3.08. The first-order chi connectivity index (χ1) is 24.5. The molecule has 0 heterocycles. The van der Waals surface area contributed by atoms with Crippen molar-refractivity contribution < 1.29 is 28.3 Å². The predicted molar refractivity (Wildman–Crippen MR) is 209 cm³/mol. The van der Waals surface area contributed by atoms with Crippen molar-refractivity contribution in [1.29, 1.82) is 0 Å². The van der Waals surface area contributed by atoms with Gasteiger partial charge in [-0.15, -0.1) is 0 Å². The highest BCUT2D eigenvalue weighted by Crippen LogP contribution is 2.43. The number of ether oxygens (including phenoxy) is 2. The van der Waals surface area contributed by atoms with E-state index in [0.29, 0.717) is 45.4 Å². The van der Waals surface area contributed by atoms with Crippen molar-refractivity contribution in [2.75, 3.05) is 13.7 Å². The van der Waals surface area contributed by atoms with E-state index >= 15 is 0 Å². The highest BCUT2D eigenvalue weighted by atomic mass is 28.4. The van der Waals surface area contributed by atoms with Crippen molar-refractivity contribution in [2.24, 2.45) is 11.8 Å². The molecule has 3 aromatic carbocycles. The molecule has 0 N–H and O–H groups in total. The molecule has 1 saturated carbocycles. The van der Waals surface area contributed by atoms with Gasteiger partial charge in [-0.3, -0.25) is 9.59 Å². The zero-order chi connectivity index (χ0) is 38.1. The maximum absolute atomic E-state index is 14.5. The fourth-order valence-corrected chi connectivity index (χ4v) is 7.91. The third kappa shape index (κ3) is 11.8. The van der Waals surface area contributed by atoms with Crippen molar-refractivity contribution >= 4 is 26.1 Å². The van der Waals surface area contributed by atoms with Gasteiger partial charge in [0.2, 0.25) is 5.91 Å². The van der Waals surface area contributed by atoms with E-state index in [0.717, 1.165) is 22.4 Å². The molecule has 4 rings (SSSR count). The molecule has 0 radical (unpaired) electrons. The number of nitrogens with zero attached hydrogens (tertiary/aromatic N) is 2. The van der Waals surface area contributed by atoms with E-state index in [1.165, 1.54) is 0 Å². The number of amides is 2. The van der Waals surface area contributed by atoms with Crippen molar-refractivity contribution in [3.63, 3.8) is 0 Å². The number of methoxy groups -OCH3 is 1. The largest absolute Gasteiger partial charge is 0.497 e. The Kier molecular flexibility index (Phi) is 13.9. The molecular weight excluding hydrogens is 669 g/mol. The summed E-state index contributed by atoms with van der Waals surface area (Å²) in [6.45, 7) is 18.3. The SMILES string of the molecule is COc1ccc(CN(Cc2ccccc2)C(=O)C[C@H]2C(=O)CC[C@@H](O[Si](C)(C)C(C)(C)C)[C@@H]2CCN(Cc2ccccc2)C(=O)OC(C)(C)C)cc1. The van der Waals surface area contributed by atoms with Gasteiger partial charge in [0.15, 0.2) is 8.32 Å². The van der Waals surface area contributed by atoms with Crippen LogP contribution in [0.4, 0.5) is 4.79 Å². The average molecular weight is 729 g/mol. The molecule has 1 aliphatic rings. The monoisotopic (exact) mass is 728 g/mol. The van der Waals surface area contributed by atoms with E-state index in [2.05, 4.69) is 33.9 Å². The van der Waals surface area contributed by atoms with Gasteiger partial charge < -0.3 is 23.7 Å². The maximum Gasteiger partial charge on any atom is 0.410 e. The van der Waals surface area contributed by atoms with Gasteiger partial charge in [0.05, 0.1) is 7.11 Å². The van der Waals surface area contributed by atoms with Crippen LogP contribution in [0.5, 0.6) is 5.75 Å². The van der Waals surface area contributed by atoms with Gasteiger partial charge in [0.25, 0.3) is 0 Å². The van der Waals surface area contributed by atoms with Crippen molar-refractivity contribution in [2.45, 2.75) is 117 Å². The van der Waals surface area contributed by atoms with Crippen LogP contribution in [-0.4, -0.2) is 61.3 Å². The lowest BCUT2D eigenvalue weighted by Crippen LogP contribution is -2.51. The van der Waals surface area contributed by atoms with Crippen LogP contribution in [0.25, 0.3) is 0 Å². The lowest BCUT2D eigenvalue weighted by molar-refractivity contribution is -0.141. The van der Waals surface area contributed by atoms with Gasteiger partial charge in [-0.2, -0.15) is 0 Å². The van der Waals surface area contributed by atoms with Crippen LogP contribution in [-0.2, 0) is 38.4 Å². The van der Waals surface area contributed by atoms with Gasteiger partial charge in [-0.25, -0.2) is 4.79 Å². The van der Waals surface area contributed by atoms with Crippen LogP contribution < -0.4 is 4.74 Å². The van der Waals surface area contributed by atoms with E-state index in [4.69, 9.17) is 13.9 Å². The molecule has 282 valence electrons. The highest BCUT2D eigenvalue weighted by Gasteiger charge is 2.46. The van der Waals surface area contributed by atoms with Gasteiger partial charge in [0, 0.05) is 51.0 Å². The topological polar surface area (TPSA) is 85.4 Å². The Balaban J connectivity index is 1.66. The van der Waals surface area contributed by atoms with E-state index in [1.54, 1.807) is 12.0 Å². The summed E-state index contributed by atoms with van der Waals surface area (Å²) in [4.78, 5) is 45.6. The summed E-state index contributed by atoms with van der Waals surface area (Å²) >= 11 is 0. The van der Waals surface area contributed by atoms with Gasteiger partial charge in [-0.1, -0.05) is 93.6 Å². The van der Waals surface area contributed by atoms with E-state index in [1.807, 2.05) is 111 Å². The van der Waals surface area contributed by atoms with Crippen LogP contribution in [0.1, 0.15) is 83.9 Å². The summed E-state index contributed by atoms with van der Waals surface area (Å²) in [6.07, 6.45) is 0.941. The third-order valence-corrected chi connectivity index (χ3v) is 14.9. The molecule has 9 heteroatoms. The zero-order valence-electron chi connectivity index (χ0n) is 32.8. The lowest BCUT2D eigenvalue weighted by Gasteiger charge is -2.45. The molecule has 8 nitrogen and oxygen atoms in total. The van der Waals surface area contributed by atoms with Gasteiger partial charge >= 0.3 is 6.09 Å². The molecule has 1 fully saturated rings. The summed E-state index contributed by atoms with van der Waals surface area (Å²) in [5, 5.41) is -0.0367. The minimum absolute atomic E-state index is 0.0367. The molecule has 0 spiro atoms. The quantitative estimate of drug-likeness (QED) is 0.154. The first-order valence-electron chi connectivity index (χ1n) is 18.6. The second kappa shape index (κ2) is 17.7. The van der Waals surface area contributed by atoms with Crippen LogP contribution >= 0.6 is 0 Å². The summed E-state index contributed by atoms with van der Waals surface area (Å²) in [7, 11) is -0.617. The Labute approximate surface area is 313 Å². The number of benzene rings is 3. The first kappa shape index (κ1) is 40.8. The van der Waals surface area contributed by atoms with E-state index in [-0.39, 0.29) is 35.2 Å². The summed E-state index contributed by atoms with van der Waals surface area (Å²) in [6, 6.07) is 27.6. The van der Waals surface area contributed by atoms with Crippen LogP contribution in [0.2, 0.25) is 18.1 Å². The first-order valence-corrected chi connectivity index (χ1v) is 21.5. The van der Waals surface area contributed by atoms with Crippen molar-refractivity contribution in [3.8, 4) is 5.75 Å². The minimum atomic E-state index is -2.25. The number of carbonyl (C=O) groups excluding carboxylic acids is 3. The molecule has 3 aromatic rings. The number of hydrogen-bond acceptors (Lipinski definition) is 6. The summed E-state index contributed by atoms with van der Waals surface area (Å²) < 4.78 is 18.3. The van der Waals surface area contributed by atoms with E-state index in [9.17, 15) is 14.4 Å². The molecule has 1 aliphatic carbocycles. The molecule has 52 heavy (non-hydrogen) atoms. The molecule has 0 saturated heterocycles. The minimum Gasteiger partial charge on any atom is -0.497 e. The summed E-state index contributed by atoms with van der Waals surface area (Å²) in [5.74, 6) is -0.0311. The number of ketones is 1. The smallest absolute Gasteiger partial charge is 0.410 e. The lowest BCUT2D eigenvalue weighted by atomic mass is 9.73. The van der Waals surface area contributed by atoms with Crippen molar-refractivity contribution in [3.05, 3.63) is 102 Å². The Bertz CT molecular complexity index is 1600. The Morgan fingerprint density at radius 2 is 1.29 bits per heavy atom. The number of Topliss-reactive ketones (excluding diaryl/α,β-unsaturated/α-hetero) is 1. The molecular formula is C43H60N2O6Si. The highest BCUT2D eigenvalue weighted by molar-refractivity contribution is 6.74. The second-order valence-corrected chi connectivity index (χ2v) is 21.4. The molecule has 2 amide bonds. The van der Waals surface area contributed by atoms with Crippen molar-refractivity contribution in [1.82, 2.24) is 9.80 Å². The van der Waals surface area contributed by atoms with Crippen LogP contribution in [0.15, 0.2) is 84.9 Å². The number of hydrogen-bond donors (Lipinski definition) is 0. The number of carbonyl (C=O) groups is 3. The molecule has 0 bridgehead atoms. The van der Waals surface area contributed by atoms with Crippen LogP contribution in [0.3, 0.4) is 0 Å². The maximum atomic E-state index is 14.5. The van der Waals surface area contributed by atoms with Gasteiger partial charge in [0.1, 0.15) is 17.1 Å². The predicted octanol–water partition coefficient (Wildman–Crippen LogP) is 9.43. The number of rotatable bonds is 14. The van der Waals surface area contributed by atoms with Crippen LogP contribution in [0, 0.1) is 11.8 Å². The molecule has 0 unspecified atom stereocenters. The Morgan fingerprint density at radius 1 is 0.769 bits per heavy atom. The normalized spacial score (nSPS) is 18.1. The molecule has 0 aliphatic heterocycles.